The summed E-state index contributed by atoms with van der Waals surface area (Å²) >= 11 is 3.48. The van der Waals surface area contributed by atoms with E-state index in [1.54, 1.807) is 7.11 Å². The fourth-order valence-electron chi connectivity index (χ4n) is 1.41. The number of methoxy groups -OCH3 is 1. The molecule has 0 aliphatic rings. The molecule has 1 aromatic carbocycles. The van der Waals surface area contributed by atoms with Crippen LogP contribution in [0.25, 0.3) is 0 Å². The molecule has 0 saturated carbocycles. The second-order valence-corrected chi connectivity index (χ2v) is 4.21. The Morgan fingerprint density at radius 1 is 1.50 bits per heavy atom. The predicted octanol–water partition coefficient (Wildman–Crippen LogP) is 2.78. The lowest BCUT2D eigenvalue weighted by Gasteiger charge is -2.12. The maximum absolute atomic E-state index is 5.18. The highest BCUT2D eigenvalue weighted by Gasteiger charge is 2.07. The molecule has 1 aromatic rings. The number of nitrogens with one attached hydrogen (secondary N) is 1. The van der Waals surface area contributed by atoms with Gasteiger partial charge >= 0.3 is 0 Å². The Morgan fingerprint density at radius 3 is 2.71 bits per heavy atom. The Bertz CT molecular complexity index is 301. The van der Waals surface area contributed by atoms with Crippen molar-refractivity contribution < 1.29 is 4.74 Å². The van der Waals surface area contributed by atoms with E-state index in [1.807, 2.05) is 13.1 Å². The van der Waals surface area contributed by atoms with Gasteiger partial charge in [0.2, 0.25) is 0 Å². The first-order chi connectivity index (χ1) is 6.69. The van der Waals surface area contributed by atoms with Gasteiger partial charge in [0, 0.05) is 6.54 Å². The van der Waals surface area contributed by atoms with Crippen molar-refractivity contribution in [2.75, 3.05) is 20.7 Å². The molecule has 0 fully saturated rings. The van der Waals surface area contributed by atoms with Gasteiger partial charge in [-0.3, -0.25) is 0 Å². The minimum atomic E-state index is 0.516. The van der Waals surface area contributed by atoms with Crippen molar-refractivity contribution in [1.29, 1.82) is 0 Å². The van der Waals surface area contributed by atoms with Gasteiger partial charge in [-0.2, -0.15) is 0 Å². The Balaban J connectivity index is 2.85. The van der Waals surface area contributed by atoms with E-state index < -0.39 is 0 Å². The van der Waals surface area contributed by atoms with Gasteiger partial charge in [0.15, 0.2) is 0 Å². The topological polar surface area (TPSA) is 21.3 Å². The van der Waals surface area contributed by atoms with Crippen LogP contribution in [0.1, 0.15) is 18.4 Å². The minimum absolute atomic E-state index is 0.516. The largest absolute Gasteiger partial charge is 0.496 e. The van der Waals surface area contributed by atoms with Crippen LogP contribution in [-0.4, -0.2) is 20.7 Å². The molecule has 0 aliphatic heterocycles. The van der Waals surface area contributed by atoms with Crippen molar-refractivity contribution in [2.24, 2.45) is 0 Å². The summed E-state index contributed by atoms with van der Waals surface area (Å²) < 4.78 is 6.19. The third-order valence-electron chi connectivity index (χ3n) is 2.26. The molecule has 14 heavy (non-hydrogen) atoms. The maximum atomic E-state index is 5.18. The van der Waals surface area contributed by atoms with Gasteiger partial charge in [-0.25, -0.2) is 0 Å². The van der Waals surface area contributed by atoms with E-state index in [9.17, 15) is 0 Å². The molecule has 0 bridgehead atoms. The molecule has 1 rings (SSSR count). The quantitative estimate of drug-likeness (QED) is 0.896. The van der Waals surface area contributed by atoms with Gasteiger partial charge in [0.05, 0.1) is 11.6 Å². The summed E-state index contributed by atoms with van der Waals surface area (Å²) in [4.78, 5) is 0. The van der Waals surface area contributed by atoms with E-state index in [2.05, 4.69) is 40.3 Å². The summed E-state index contributed by atoms with van der Waals surface area (Å²) in [6, 6.07) is 6.21. The summed E-state index contributed by atoms with van der Waals surface area (Å²) in [5, 5.41) is 3.17. The van der Waals surface area contributed by atoms with E-state index in [0.717, 1.165) is 16.8 Å². The van der Waals surface area contributed by atoms with Crippen LogP contribution in [0.2, 0.25) is 0 Å². The van der Waals surface area contributed by atoms with Gasteiger partial charge in [0.1, 0.15) is 5.75 Å². The monoisotopic (exact) mass is 257 g/mol. The fourth-order valence-corrected chi connectivity index (χ4v) is 1.97. The van der Waals surface area contributed by atoms with Crippen molar-refractivity contribution in [3.63, 3.8) is 0 Å². The molecular formula is C11H16BrNO. The number of halogens is 1. The zero-order valence-corrected chi connectivity index (χ0v) is 10.4. The molecule has 78 valence electrons. The molecule has 0 heterocycles. The summed E-state index contributed by atoms with van der Waals surface area (Å²) in [6.45, 7) is 3.18. The van der Waals surface area contributed by atoms with Gasteiger partial charge in [-0.15, -0.1) is 0 Å². The number of rotatable bonds is 4. The zero-order valence-electron chi connectivity index (χ0n) is 8.80. The number of hydrogen-bond donors (Lipinski definition) is 1. The molecule has 2 nitrogen and oxygen atoms in total. The number of benzene rings is 1. The van der Waals surface area contributed by atoms with Gasteiger partial charge < -0.3 is 10.1 Å². The van der Waals surface area contributed by atoms with Gasteiger partial charge in [-0.1, -0.05) is 13.0 Å². The normalized spacial score (nSPS) is 12.6. The van der Waals surface area contributed by atoms with Crippen LogP contribution in [0.4, 0.5) is 0 Å². The van der Waals surface area contributed by atoms with Crippen molar-refractivity contribution in [1.82, 2.24) is 5.32 Å². The Labute approximate surface area is 93.8 Å². The van der Waals surface area contributed by atoms with Crippen LogP contribution in [0.3, 0.4) is 0 Å². The standard InChI is InChI=1S/C11H16BrNO/c1-8(7-13-2)9-4-5-11(14-3)10(12)6-9/h4-6,8,13H,7H2,1-3H3. The third kappa shape index (κ3) is 2.72. The van der Waals surface area contributed by atoms with Crippen LogP contribution in [0.15, 0.2) is 22.7 Å². The van der Waals surface area contributed by atoms with Gasteiger partial charge in [-0.05, 0) is 46.6 Å². The van der Waals surface area contributed by atoms with Gasteiger partial charge in [0.25, 0.3) is 0 Å². The maximum Gasteiger partial charge on any atom is 0.133 e. The van der Waals surface area contributed by atoms with E-state index >= 15 is 0 Å². The summed E-state index contributed by atoms with van der Waals surface area (Å²) in [5.74, 6) is 1.40. The SMILES string of the molecule is CNCC(C)c1ccc(OC)c(Br)c1. The Hall–Kier alpha value is -0.540. The first-order valence-corrected chi connectivity index (χ1v) is 5.46. The molecule has 0 amide bonds. The predicted molar refractivity (Wildman–Crippen MR) is 63.0 cm³/mol. The number of ether oxygens (including phenoxy) is 1. The lowest BCUT2D eigenvalue weighted by Crippen LogP contribution is -2.14. The molecular weight excluding hydrogens is 242 g/mol. The average Bonchev–Trinajstić information content (AvgIpc) is 2.18. The first-order valence-electron chi connectivity index (χ1n) is 4.67. The fraction of sp³-hybridized carbons (Fsp3) is 0.455. The Kier molecular flexibility index (Phi) is 4.42. The highest BCUT2D eigenvalue weighted by Crippen LogP contribution is 2.28. The second-order valence-electron chi connectivity index (χ2n) is 3.35. The molecule has 0 radical (unpaired) electrons. The molecule has 1 unspecified atom stereocenters. The first kappa shape index (κ1) is 11.5. The molecule has 0 aromatic heterocycles. The highest BCUT2D eigenvalue weighted by molar-refractivity contribution is 9.10. The molecule has 0 saturated heterocycles. The Morgan fingerprint density at radius 2 is 2.21 bits per heavy atom. The lowest BCUT2D eigenvalue weighted by atomic mass is 10.0. The van der Waals surface area contributed by atoms with Crippen LogP contribution >= 0.6 is 15.9 Å². The van der Waals surface area contributed by atoms with Crippen LogP contribution in [0, 0.1) is 0 Å². The summed E-state index contributed by atoms with van der Waals surface area (Å²) in [5.41, 5.74) is 1.31. The number of hydrogen-bond acceptors (Lipinski definition) is 2. The van der Waals surface area contributed by atoms with Crippen molar-refractivity contribution in [2.45, 2.75) is 12.8 Å². The zero-order chi connectivity index (χ0) is 10.6. The molecule has 1 atom stereocenters. The smallest absolute Gasteiger partial charge is 0.133 e. The van der Waals surface area contributed by atoms with E-state index in [4.69, 9.17) is 4.74 Å². The molecule has 1 N–H and O–H groups in total. The van der Waals surface area contributed by atoms with Crippen molar-refractivity contribution in [3.05, 3.63) is 28.2 Å². The van der Waals surface area contributed by atoms with Crippen molar-refractivity contribution >= 4 is 15.9 Å². The minimum Gasteiger partial charge on any atom is -0.496 e. The molecule has 3 heteroatoms. The van der Waals surface area contributed by atoms with Crippen molar-refractivity contribution in [3.8, 4) is 5.75 Å². The lowest BCUT2D eigenvalue weighted by molar-refractivity contribution is 0.412. The number of likely N-dealkylation sites (N-methyl/N-ethyl adjacent to an activating group) is 1. The summed E-state index contributed by atoms with van der Waals surface area (Å²) in [7, 11) is 3.64. The van der Waals surface area contributed by atoms with Crippen LogP contribution in [0.5, 0.6) is 5.75 Å². The van der Waals surface area contributed by atoms with Crippen LogP contribution < -0.4 is 10.1 Å². The highest BCUT2D eigenvalue weighted by atomic mass is 79.9. The van der Waals surface area contributed by atoms with E-state index in [1.165, 1.54) is 5.56 Å². The summed E-state index contributed by atoms with van der Waals surface area (Å²) in [6.07, 6.45) is 0. The van der Waals surface area contributed by atoms with E-state index in [0.29, 0.717) is 5.92 Å². The third-order valence-corrected chi connectivity index (χ3v) is 2.87. The average molecular weight is 258 g/mol. The second kappa shape index (κ2) is 5.37. The molecule has 0 aliphatic carbocycles. The van der Waals surface area contributed by atoms with E-state index in [-0.39, 0.29) is 0 Å². The molecule has 0 spiro atoms. The van der Waals surface area contributed by atoms with Crippen LogP contribution in [-0.2, 0) is 0 Å².